The standard InChI is InChI=1S/C10H16N2S/c1-11-5-8-3-2-4-9(8)10-6-13-7-12-10/h6-9,11H,2-5H2,1H3. The SMILES string of the molecule is CNCC1CCCC1c1cscn1. The van der Waals surface area contributed by atoms with E-state index < -0.39 is 0 Å². The van der Waals surface area contributed by atoms with E-state index in [4.69, 9.17) is 0 Å². The Bertz CT molecular complexity index is 245. The number of hydrogen-bond acceptors (Lipinski definition) is 3. The topological polar surface area (TPSA) is 24.9 Å². The predicted molar refractivity (Wildman–Crippen MR) is 56.1 cm³/mol. The number of nitrogens with one attached hydrogen (secondary N) is 1. The van der Waals surface area contributed by atoms with Gasteiger partial charge in [0.2, 0.25) is 0 Å². The summed E-state index contributed by atoms with van der Waals surface area (Å²) >= 11 is 1.72. The summed E-state index contributed by atoms with van der Waals surface area (Å²) in [7, 11) is 2.04. The maximum Gasteiger partial charge on any atom is 0.0794 e. The Morgan fingerprint density at radius 1 is 1.62 bits per heavy atom. The molecule has 2 unspecified atom stereocenters. The molecule has 3 heteroatoms. The first-order chi connectivity index (χ1) is 6.42. The average Bonchev–Trinajstić information content (AvgIpc) is 2.71. The van der Waals surface area contributed by atoms with Crippen molar-refractivity contribution in [2.24, 2.45) is 5.92 Å². The first-order valence-corrected chi connectivity index (χ1v) is 5.89. The van der Waals surface area contributed by atoms with Crippen LogP contribution < -0.4 is 5.32 Å². The van der Waals surface area contributed by atoms with E-state index in [0.29, 0.717) is 0 Å². The summed E-state index contributed by atoms with van der Waals surface area (Å²) in [5.74, 6) is 1.53. The molecule has 0 spiro atoms. The molecule has 1 saturated carbocycles. The van der Waals surface area contributed by atoms with Crippen molar-refractivity contribution < 1.29 is 0 Å². The summed E-state index contributed by atoms with van der Waals surface area (Å²) in [6, 6.07) is 0. The molecule has 0 aromatic carbocycles. The number of thiazole rings is 1. The van der Waals surface area contributed by atoms with Gasteiger partial charge in [0, 0.05) is 11.3 Å². The highest BCUT2D eigenvalue weighted by Gasteiger charge is 2.28. The van der Waals surface area contributed by atoms with E-state index in [0.717, 1.165) is 18.4 Å². The molecule has 0 saturated heterocycles. The second-order valence-corrected chi connectivity index (χ2v) is 4.49. The molecule has 2 nitrogen and oxygen atoms in total. The lowest BCUT2D eigenvalue weighted by molar-refractivity contribution is 0.457. The van der Waals surface area contributed by atoms with Gasteiger partial charge in [-0.15, -0.1) is 11.3 Å². The van der Waals surface area contributed by atoms with E-state index in [1.807, 2.05) is 12.6 Å². The van der Waals surface area contributed by atoms with E-state index in [1.54, 1.807) is 11.3 Å². The minimum Gasteiger partial charge on any atom is -0.319 e. The highest BCUT2D eigenvalue weighted by atomic mass is 32.1. The largest absolute Gasteiger partial charge is 0.319 e. The fourth-order valence-corrected chi connectivity index (χ4v) is 2.96. The second kappa shape index (κ2) is 4.20. The molecule has 0 radical (unpaired) electrons. The Kier molecular flexibility index (Phi) is 2.96. The van der Waals surface area contributed by atoms with Gasteiger partial charge in [-0.1, -0.05) is 6.42 Å². The van der Waals surface area contributed by atoms with Crippen LogP contribution in [-0.4, -0.2) is 18.6 Å². The first kappa shape index (κ1) is 9.16. The number of rotatable bonds is 3. The molecular weight excluding hydrogens is 180 g/mol. The predicted octanol–water partition coefficient (Wildman–Crippen LogP) is 2.25. The summed E-state index contributed by atoms with van der Waals surface area (Å²) < 4.78 is 0. The van der Waals surface area contributed by atoms with Crippen LogP contribution in [0.25, 0.3) is 0 Å². The van der Waals surface area contributed by atoms with Gasteiger partial charge in [-0.2, -0.15) is 0 Å². The van der Waals surface area contributed by atoms with Gasteiger partial charge in [-0.25, -0.2) is 4.98 Å². The van der Waals surface area contributed by atoms with Crippen LogP contribution in [0.4, 0.5) is 0 Å². The quantitative estimate of drug-likeness (QED) is 0.802. The van der Waals surface area contributed by atoms with Gasteiger partial charge in [0.25, 0.3) is 0 Å². The Hall–Kier alpha value is -0.410. The minimum absolute atomic E-state index is 0.721. The van der Waals surface area contributed by atoms with E-state index in [1.165, 1.54) is 25.0 Å². The van der Waals surface area contributed by atoms with E-state index in [9.17, 15) is 0 Å². The summed E-state index contributed by atoms with van der Waals surface area (Å²) in [6.45, 7) is 1.14. The van der Waals surface area contributed by atoms with Gasteiger partial charge < -0.3 is 5.32 Å². The Morgan fingerprint density at radius 3 is 3.23 bits per heavy atom. The van der Waals surface area contributed by atoms with Crippen molar-refractivity contribution in [2.75, 3.05) is 13.6 Å². The van der Waals surface area contributed by atoms with Gasteiger partial charge >= 0.3 is 0 Å². The fraction of sp³-hybridized carbons (Fsp3) is 0.700. The van der Waals surface area contributed by atoms with Crippen LogP contribution in [0.1, 0.15) is 30.9 Å². The van der Waals surface area contributed by atoms with Crippen LogP contribution in [-0.2, 0) is 0 Å². The third-order valence-electron chi connectivity index (χ3n) is 2.96. The first-order valence-electron chi connectivity index (χ1n) is 4.94. The normalized spacial score (nSPS) is 28.1. The van der Waals surface area contributed by atoms with Crippen molar-refractivity contribution in [2.45, 2.75) is 25.2 Å². The molecule has 1 aliphatic carbocycles. The molecule has 1 aliphatic rings. The monoisotopic (exact) mass is 196 g/mol. The Labute approximate surface area is 83.4 Å². The van der Waals surface area contributed by atoms with Crippen LogP contribution >= 0.6 is 11.3 Å². The Balaban J connectivity index is 2.05. The van der Waals surface area contributed by atoms with Crippen LogP contribution in [0.2, 0.25) is 0 Å². The number of nitrogens with zero attached hydrogens (tertiary/aromatic N) is 1. The maximum absolute atomic E-state index is 4.42. The number of hydrogen-bond donors (Lipinski definition) is 1. The van der Waals surface area contributed by atoms with Gasteiger partial charge in [0.1, 0.15) is 0 Å². The molecule has 1 N–H and O–H groups in total. The van der Waals surface area contributed by atoms with Crippen LogP contribution in [0.3, 0.4) is 0 Å². The van der Waals surface area contributed by atoms with E-state index >= 15 is 0 Å². The summed E-state index contributed by atoms with van der Waals surface area (Å²) in [5.41, 5.74) is 3.27. The molecular formula is C10H16N2S. The lowest BCUT2D eigenvalue weighted by Gasteiger charge is -2.16. The van der Waals surface area contributed by atoms with Gasteiger partial charge in [-0.05, 0) is 32.4 Å². The molecule has 0 bridgehead atoms. The molecule has 2 atom stereocenters. The van der Waals surface area contributed by atoms with Crippen molar-refractivity contribution in [3.8, 4) is 0 Å². The zero-order chi connectivity index (χ0) is 9.10. The highest BCUT2D eigenvalue weighted by molar-refractivity contribution is 7.07. The molecule has 1 heterocycles. The summed E-state index contributed by atoms with van der Waals surface area (Å²) in [5, 5.41) is 5.48. The second-order valence-electron chi connectivity index (χ2n) is 3.77. The zero-order valence-electron chi connectivity index (χ0n) is 7.99. The summed E-state index contributed by atoms with van der Waals surface area (Å²) in [6.07, 6.45) is 4.06. The van der Waals surface area contributed by atoms with Crippen molar-refractivity contribution in [1.29, 1.82) is 0 Å². The molecule has 13 heavy (non-hydrogen) atoms. The van der Waals surface area contributed by atoms with Crippen LogP contribution in [0.15, 0.2) is 10.9 Å². The zero-order valence-corrected chi connectivity index (χ0v) is 8.81. The van der Waals surface area contributed by atoms with Gasteiger partial charge in [0.15, 0.2) is 0 Å². The van der Waals surface area contributed by atoms with Crippen LogP contribution in [0.5, 0.6) is 0 Å². The molecule has 0 aliphatic heterocycles. The third-order valence-corrected chi connectivity index (χ3v) is 3.56. The Morgan fingerprint density at radius 2 is 2.54 bits per heavy atom. The lowest BCUT2D eigenvalue weighted by atomic mass is 9.93. The average molecular weight is 196 g/mol. The van der Waals surface area contributed by atoms with Crippen molar-refractivity contribution in [3.63, 3.8) is 0 Å². The molecule has 2 rings (SSSR count). The molecule has 72 valence electrons. The highest BCUT2D eigenvalue weighted by Crippen LogP contribution is 2.38. The van der Waals surface area contributed by atoms with E-state index in [-0.39, 0.29) is 0 Å². The smallest absolute Gasteiger partial charge is 0.0794 e. The number of aromatic nitrogens is 1. The minimum atomic E-state index is 0.721. The molecule has 0 amide bonds. The van der Waals surface area contributed by atoms with Gasteiger partial charge in [-0.3, -0.25) is 0 Å². The fourth-order valence-electron chi connectivity index (χ4n) is 2.34. The van der Waals surface area contributed by atoms with Crippen LogP contribution in [0, 0.1) is 5.92 Å². The molecule has 1 aromatic rings. The molecule has 1 aromatic heterocycles. The molecule has 1 fully saturated rings. The van der Waals surface area contributed by atoms with Crippen molar-refractivity contribution in [1.82, 2.24) is 10.3 Å². The summed E-state index contributed by atoms with van der Waals surface area (Å²) in [4.78, 5) is 4.42. The van der Waals surface area contributed by atoms with Crippen molar-refractivity contribution >= 4 is 11.3 Å². The van der Waals surface area contributed by atoms with Gasteiger partial charge in [0.05, 0.1) is 11.2 Å². The van der Waals surface area contributed by atoms with E-state index in [2.05, 4.69) is 15.7 Å². The lowest BCUT2D eigenvalue weighted by Crippen LogP contribution is -2.21. The third kappa shape index (κ3) is 1.92. The maximum atomic E-state index is 4.42. The van der Waals surface area contributed by atoms with Crippen molar-refractivity contribution in [3.05, 3.63) is 16.6 Å².